The van der Waals surface area contributed by atoms with Gasteiger partial charge in [-0.2, -0.15) is 0 Å². The zero-order chi connectivity index (χ0) is 17.8. The molecule has 0 spiro atoms. The van der Waals surface area contributed by atoms with E-state index in [0.29, 0.717) is 27.0 Å². The van der Waals surface area contributed by atoms with Crippen molar-refractivity contribution < 1.29 is 14.3 Å². The Morgan fingerprint density at radius 2 is 1.88 bits per heavy atom. The lowest BCUT2D eigenvalue weighted by Gasteiger charge is -2.11. The van der Waals surface area contributed by atoms with Crippen LogP contribution >= 0.6 is 23.2 Å². The fourth-order valence-electron chi connectivity index (χ4n) is 2.45. The van der Waals surface area contributed by atoms with Crippen molar-refractivity contribution in [2.24, 2.45) is 0 Å². The lowest BCUT2D eigenvalue weighted by atomic mass is 10.0. The highest BCUT2D eigenvalue weighted by Gasteiger charge is 2.11. The van der Waals surface area contributed by atoms with E-state index < -0.39 is 5.91 Å². The summed E-state index contributed by atoms with van der Waals surface area (Å²) in [4.78, 5) is 23.5. The van der Waals surface area contributed by atoms with Crippen LogP contribution in [0.25, 0.3) is 10.8 Å². The monoisotopic (exact) mass is 373 g/mol. The molecule has 25 heavy (non-hydrogen) atoms. The van der Waals surface area contributed by atoms with Crippen molar-refractivity contribution in [2.45, 2.75) is 0 Å². The minimum absolute atomic E-state index is 0.262. The largest absolute Gasteiger partial charge is 0.483 e. The van der Waals surface area contributed by atoms with Crippen LogP contribution in [0.4, 0.5) is 5.69 Å². The maximum atomic E-state index is 12.1. The molecular formula is C19H13Cl2NO3. The van der Waals surface area contributed by atoms with Gasteiger partial charge in [0.05, 0.1) is 16.3 Å². The van der Waals surface area contributed by atoms with Crippen LogP contribution in [0, 0.1) is 0 Å². The Balaban J connectivity index is 1.75. The van der Waals surface area contributed by atoms with Crippen LogP contribution in [-0.4, -0.2) is 18.8 Å². The van der Waals surface area contributed by atoms with Crippen LogP contribution in [0.1, 0.15) is 10.4 Å². The number of aldehydes is 1. The molecule has 4 nitrogen and oxygen atoms in total. The summed E-state index contributed by atoms with van der Waals surface area (Å²) < 4.78 is 5.52. The number of carbonyl (C=O) groups is 2. The number of carbonyl (C=O) groups excluding carboxylic acids is 2. The van der Waals surface area contributed by atoms with Gasteiger partial charge in [-0.1, -0.05) is 53.5 Å². The number of halogens is 2. The van der Waals surface area contributed by atoms with Crippen molar-refractivity contribution >= 4 is 51.9 Å². The van der Waals surface area contributed by atoms with Gasteiger partial charge in [0.2, 0.25) is 0 Å². The van der Waals surface area contributed by atoms with Gasteiger partial charge in [0.1, 0.15) is 5.75 Å². The van der Waals surface area contributed by atoms with Crippen molar-refractivity contribution in [1.29, 1.82) is 0 Å². The molecule has 3 aromatic rings. The van der Waals surface area contributed by atoms with E-state index in [-0.39, 0.29) is 6.61 Å². The minimum Gasteiger partial charge on any atom is -0.483 e. The fraction of sp³-hybridized carbons (Fsp3) is 0.0526. The molecule has 6 heteroatoms. The molecule has 0 radical (unpaired) electrons. The molecule has 0 aliphatic heterocycles. The highest BCUT2D eigenvalue weighted by Crippen LogP contribution is 2.27. The molecule has 0 saturated heterocycles. The number of anilines is 1. The second-order valence-corrected chi connectivity index (χ2v) is 6.12. The standard InChI is InChI=1S/C19H13Cl2NO3/c20-13-6-7-16(21)17(9-13)22-19(24)11-25-18-8-5-12-3-1-2-4-14(12)15(18)10-23/h1-10H,11H2,(H,22,24). The van der Waals surface area contributed by atoms with Gasteiger partial charge < -0.3 is 10.1 Å². The first-order valence-corrected chi connectivity index (χ1v) is 8.18. The molecule has 0 atom stereocenters. The summed E-state index contributed by atoms with van der Waals surface area (Å²) in [5, 5.41) is 5.15. The Bertz CT molecular complexity index is 957. The fourth-order valence-corrected chi connectivity index (χ4v) is 2.78. The molecule has 0 bridgehead atoms. The van der Waals surface area contributed by atoms with Gasteiger partial charge in [0.15, 0.2) is 12.9 Å². The number of nitrogens with one attached hydrogen (secondary N) is 1. The zero-order valence-electron chi connectivity index (χ0n) is 13.0. The molecule has 0 fully saturated rings. The van der Waals surface area contributed by atoms with Crippen molar-refractivity contribution in [3.05, 3.63) is 70.2 Å². The van der Waals surface area contributed by atoms with Gasteiger partial charge in [-0.05, 0) is 35.0 Å². The van der Waals surface area contributed by atoms with E-state index in [4.69, 9.17) is 27.9 Å². The number of amides is 1. The first-order valence-electron chi connectivity index (χ1n) is 7.43. The third kappa shape index (κ3) is 3.92. The molecule has 0 heterocycles. The highest BCUT2D eigenvalue weighted by atomic mass is 35.5. The third-order valence-corrected chi connectivity index (χ3v) is 4.17. The van der Waals surface area contributed by atoms with Gasteiger partial charge in [-0.15, -0.1) is 0 Å². The van der Waals surface area contributed by atoms with E-state index in [1.165, 1.54) is 0 Å². The van der Waals surface area contributed by atoms with Crippen molar-refractivity contribution in [3.63, 3.8) is 0 Å². The number of hydrogen-bond acceptors (Lipinski definition) is 3. The van der Waals surface area contributed by atoms with E-state index >= 15 is 0 Å². The predicted molar refractivity (Wildman–Crippen MR) is 99.9 cm³/mol. The van der Waals surface area contributed by atoms with Gasteiger partial charge in [-0.3, -0.25) is 9.59 Å². The Kier molecular flexibility index (Phi) is 5.22. The molecule has 3 aromatic carbocycles. The van der Waals surface area contributed by atoms with Crippen LogP contribution in [-0.2, 0) is 4.79 Å². The first-order chi connectivity index (χ1) is 12.1. The van der Waals surface area contributed by atoms with Crippen molar-refractivity contribution in [1.82, 2.24) is 0 Å². The summed E-state index contributed by atoms with van der Waals surface area (Å²) in [6, 6.07) is 15.7. The van der Waals surface area contributed by atoms with Crippen LogP contribution in [0.3, 0.4) is 0 Å². The number of rotatable bonds is 5. The maximum Gasteiger partial charge on any atom is 0.262 e. The zero-order valence-corrected chi connectivity index (χ0v) is 14.5. The van der Waals surface area contributed by atoms with Crippen molar-refractivity contribution in [2.75, 3.05) is 11.9 Å². The van der Waals surface area contributed by atoms with Gasteiger partial charge >= 0.3 is 0 Å². The summed E-state index contributed by atoms with van der Waals surface area (Å²) in [5.41, 5.74) is 0.809. The average molecular weight is 374 g/mol. The lowest BCUT2D eigenvalue weighted by molar-refractivity contribution is -0.118. The predicted octanol–water partition coefficient (Wildman–Crippen LogP) is 4.98. The Morgan fingerprint density at radius 1 is 1.08 bits per heavy atom. The van der Waals surface area contributed by atoms with E-state index in [1.807, 2.05) is 30.3 Å². The molecule has 1 N–H and O–H groups in total. The molecule has 0 aliphatic carbocycles. The molecule has 3 rings (SSSR count). The van der Waals surface area contributed by atoms with Crippen molar-refractivity contribution in [3.8, 4) is 5.75 Å². The van der Waals surface area contributed by atoms with Crippen LogP contribution in [0.2, 0.25) is 10.0 Å². The van der Waals surface area contributed by atoms with Gasteiger partial charge in [0, 0.05) is 5.02 Å². The Hall–Kier alpha value is -2.56. The molecule has 126 valence electrons. The molecule has 0 unspecified atom stereocenters. The molecule has 0 aliphatic rings. The Morgan fingerprint density at radius 3 is 2.68 bits per heavy atom. The highest BCUT2D eigenvalue weighted by molar-refractivity contribution is 6.35. The van der Waals surface area contributed by atoms with E-state index in [1.54, 1.807) is 24.3 Å². The second kappa shape index (κ2) is 7.55. The first kappa shape index (κ1) is 17.3. The molecule has 0 aromatic heterocycles. The summed E-state index contributed by atoms with van der Waals surface area (Å²) in [6.07, 6.45) is 0.726. The second-order valence-electron chi connectivity index (χ2n) is 5.28. The maximum absolute atomic E-state index is 12.1. The van der Waals surface area contributed by atoms with Crippen LogP contribution < -0.4 is 10.1 Å². The summed E-state index contributed by atoms with van der Waals surface area (Å²) in [5.74, 6) is -0.0600. The number of ether oxygens (including phenoxy) is 1. The molecule has 1 amide bonds. The lowest BCUT2D eigenvalue weighted by Crippen LogP contribution is -2.20. The van der Waals surface area contributed by atoms with Crippen LogP contribution in [0.5, 0.6) is 5.75 Å². The topological polar surface area (TPSA) is 55.4 Å². The smallest absolute Gasteiger partial charge is 0.262 e. The summed E-state index contributed by atoms with van der Waals surface area (Å²) in [6.45, 7) is -0.262. The summed E-state index contributed by atoms with van der Waals surface area (Å²) >= 11 is 11.9. The third-order valence-electron chi connectivity index (χ3n) is 3.61. The average Bonchev–Trinajstić information content (AvgIpc) is 2.62. The van der Waals surface area contributed by atoms with Gasteiger partial charge in [0.25, 0.3) is 5.91 Å². The normalized spacial score (nSPS) is 10.5. The SMILES string of the molecule is O=Cc1c(OCC(=O)Nc2cc(Cl)ccc2Cl)ccc2ccccc12. The number of hydrogen-bond donors (Lipinski definition) is 1. The van der Waals surface area contributed by atoms with Crippen LogP contribution in [0.15, 0.2) is 54.6 Å². The Labute approximate surface area is 154 Å². The number of fused-ring (bicyclic) bond motifs is 1. The quantitative estimate of drug-likeness (QED) is 0.641. The van der Waals surface area contributed by atoms with Gasteiger partial charge in [-0.25, -0.2) is 0 Å². The van der Waals surface area contributed by atoms with E-state index in [9.17, 15) is 9.59 Å². The molecular weight excluding hydrogens is 361 g/mol. The minimum atomic E-state index is -0.408. The summed E-state index contributed by atoms with van der Waals surface area (Å²) in [7, 11) is 0. The van der Waals surface area contributed by atoms with E-state index in [0.717, 1.165) is 17.1 Å². The van der Waals surface area contributed by atoms with E-state index in [2.05, 4.69) is 5.32 Å². The molecule has 0 saturated carbocycles. The number of benzene rings is 3.